The molecule has 0 radical (unpaired) electrons. The number of fused-ring (bicyclic) bond motifs is 1. The smallest absolute Gasteiger partial charge is 0.122 e. The quantitative estimate of drug-likeness (QED) is 0.794. The van der Waals surface area contributed by atoms with Gasteiger partial charge >= 0.3 is 0 Å². The Kier molecular flexibility index (Phi) is 3.55. The summed E-state index contributed by atoms with van der Waals surface area (Å²) < 4.78 is 5.53. The molecule has 2 aliphatic rings. The van der Waals surface area contributed by atoms with Crippen LogP contribution in [0.2, 0.25) is 0 Å². The first-order chi connectivity index (χ1) is 8.88. The molecule has 0 N–H and O–H groups in total. The minimum absolute atomic E-state index is 0.745. The summed E-state index contributed by atoms with van der Waals surface area (Å²) in [7, 11) is 1.79. The molecule has 1 aromatic carbocycles. The van der Waals surface area contributed by atoms with Gasteiger partial charge in [0, 0.05) is 6.04 Å². The lowest BCUT2D eigenvalue weighted by Crippen LogP contribution is -2.42. The minimum Gasteiger partial charge on any atom is -0.496 e. The van der Waals surface area contributed by atoms with E-state index in [-0.39, 0.29) is 0 Å². The third-order valence-electron chi connectivity index (χ3n) is 4.54. The van der Waals surface area contributed by atoms with Gasteiger partial charge in [0.2, 0.25) is 0 Å². The van der Waals surface area contributed by atoms with Gasteiger partial charge in [-0.15, -0.1) is 0 Å². The SMILES string of the molecule is COc1cccc2c1C[C@@H](N1CCCCC1)CC2. The Hall–Kier alpha value is -1.02. The molecule has 0 unspecified atom stereocenters. The maximum absolute atomic E-state index is 5.53. The molecule has 0 saturated carbocycles. The third kappa shape index (κ3) is 2.26. The lowest BCUT2D eigenvalue weighted by Gasteiger charge is -2.37. The Balaban J connectivity index is 1.79. The maximum atomic E-state index is 5.53. The van der Waals surface area contributed by atoms with E-state index in [0.29, 0.717) is 0 Å². The zero-order chi connectivity index (χ0) is 12.4. The summed E-state index contributed by atoms with van der Waals surface area (Å²) in [5.41, 5.74) is 2.96. The zero-order valence-electron chi connectivity index (χ0n) is 11.3. The number of likely N-dealkylation sites (tertiary alicyclic amines) is 1. The number of benzene rings is 1. The third-order valence-corrected chi connectivity index (χ3v) is 4.54. The molecule has 2 heteroatoms. The maximum Gasteiger partial charge on any atom is 0.122 e. The largest absolute Gasteiger partial charge is 0.496 e. The highest BCUT2D eigenvalue weighted by Gasteiger charge is 2.26. The van der Waals surface area contributed by atoms with E-state index in [1.165, 1.54) is 62.7 Å². The van der Waals surface area contributed by atoms with Crippen LogP contribution in [0.25, 0.3) is 0 Å². The highest BCUT2D eigenvalue weighted by Crippen LogP contribution is 2.32. The van der Waals surface area contributed by atoms with Crippen molar-refractivity contribution in [1.29, 1.82) is 0 Å². The van der Waals surface area contributed by atoms with Crippen molar-refractivity contribution < 1.29 is 4.74 Å². The van der Waals surface area contributed by atoms with E-state index in [0.717, 1.165) is 11.8 Å². The van der Waals surface area contributed by atoms with Crippen molar-refractivity contribution in [2.75, 3.05) is 20.2 Å². The zero-order valence-corrected chi connectivity index (χ0v) is 11.3. The molecule has 2 nitrogen and oxygen atoms in total. The number of piperidine rings is 1. The number of hydrogen-bond acceptors (Lipinski definition) is 2. The van der Waals surface area contributed by atoms with Crippen LogP contribution in [0.4, 0.5) is 0 Å². The summed E-state index contributed by atoms with van der Waals surface area (Å²) >= 11 is 0. The summed E-state index contributed by atoms with van der Waals surface area (Å²) in [6.07, 6.45) is 7.90. The van der Waals surface area contributed by atoms with Gasteiger partial charge in [-0.2, -0.15) is 0 Å². The molecule has 1 aliphatic carbocycles. The topological polar surface area (TPSA) is 12.5 Å². The number of hydrogen-bond donors (Lipinski definition) is 0. The molecule has 1 aliphatic heterocycles. The van der Waals surface area contributed by atoms with Crippen LogP contribution in [0.1, 0.15) is 36.8 Å². The summed E-state index contributed by atoms with van der Waals surface area (Å²) in [5, 5.41) is 0. The summed E-state index contributed by atoms with van der Waals surface area (Å²) in [4.78, 5) is 2.71. The van der Waals surface area contributed by atoms with Gasteiger partial charge in [-0.05, 0) is 62.4 Å². The summed E-state index contributed by atoms with van der Waals surface area (Å²) in [5.74, 6) is 1.09. The second-order valence-electron chi connectivity index (χ2n) is 5.59. The van der Waals surface area contributed by atoms with Crippen molar-refractivity contribution in [2.24, 2.45) is 0 Å². The normalized spacial score (nSPS) is 24.6. The van der Waals surface area contributed by atoms with Crippen LogP contribution in [0.3, 0.4) is 0 Å². The average molecular weight is 245 g/mol. The highest BCUT2D eigenvalue weighted by atomic mass is 16.5. The van der Waals surface area contributed by atoms with Crippen LogP contribution in [0, 0.1) is 0 Å². The molecule has 3 rings (SSSR count). The van der Waals surface area contributed by atoms with Gasteiger partial charge in [0.25, 0.3) is 0 Å². The molecule has 0 spiro atoms. The van der Waals surface area contributed by atoms with E-state index in [1.54, 1.807) is 7.11 Å². The van der Waals surface area contributed by atoms with Gasteiger partial charge in [-0.1, -0.05) is 18.6 Å². The molecular weight excluding hydrogens is 222 g/mol. The molecule has 0 bridgehead atoms. The Labute approximate surface area is 110 Å². The fraction of sp³-hybridized carbons (Fsp3) is 0.625. The Morgan fingerprint density at radius 1 is 1.17 bits per heavy atom. The molecular formula is C16H23NO. The molecule has 98 valence electrons. The van der Waals surface area contributed by atoms with Crippen molar-refractivity contribution in [1.82, 2.24) is 4.90 Å². The number of nitrogens with zero attached hydrogens (tertiary/aromatic N) is 1. The Bertz CT molecular complexity index is 395. The number of aryl methyl sites for hydroxylation is 1. The minimum atomic E-state index is 0.745. The monoisotopic (exact) mass is 245 g/mol. The van der Waals surface area contributed by atoms with Crippen LogP contribution in [-0.4, -0.2) is 31.1 Å². The van der Waals surface area contributed by atoms with E-state index >= 15 is 0 Å². The average Bonchev–Trinajstić information content (AvgIpc) is 2.47. The van der Waals surface area contributed by atoms with Crippen molar-refractivity contribution in [2.45, 2.75) is 44.6 Å². The van der Waals surface area contributed by atoms with E-state index in [4.69, 9.17) is 4.74 Å². The van der Waals surface area contributed by atoms with Crippen molar-refractivity contribution in [3.63, 3.8) is 0 Å². The number of ether oxygens (including phenoxy) is 1. The molecule has 1 aromatic rings. The van der Waals surface area contributed by atoms with Crippen LogP contribution in [-0.2, 0) is 12.8 Å². The predicted octanol–water partition coefficient (Wildman–Crippen LogP) is 3.04. The Morgan fingerprint density at radius 2 is 2.00 bits per heavy atom. The van der Waals surface area contributed by atoms with Crippen LogP contribution >= 0.6 is 0 Å². The van der Waals surface area contributed by atoms with Gasteiger partial charge < -0.3 is 9.64 Å². The van der Waals surface area contributed by atoms with E-state index < -0.39 is 0 Å². The van der Waals surface area contributed by atoms with Crippen LogP contribution in [0.5, 0.6) is 5.75 Å². The molecule has 0 aromatic heterocycles. The fourth-order valence-electron chi connectivity index (χ4n) is 3.52. The molecule has 1 saturated heterocycles. The van der Waals surface area contributed by atoms with Crippen molar-refractivity contribution in [3.8, 4) is 5.75 Å². The Morgan fingerprint density at radius 3 is 2.78 bits per heavy atom. The van der Waals surface area contributed by atoms with Crippen molar-refractivity contribution in [3.05, 3.63) is 29.3 Å². The molecule has 1 heterocycles. The first-order valence-electron chi connectivity index (χ1n) is 7.27. The van der Waals surface area contributed by atoms with Crippen LogP contribution in [0.15, 0.2) is 18.2 Å². The molecule has 1 atom stereocenters. The summed E-state index contributed by atoms with van der Waals surface area (Å²) in [6.45, 7) is 2.60. The second-order valence-corrected chi connectivity index (χ2v) is 5.59. The van der Waals surface area contributed by atoms with Gasteiger partial charge in [-0.25, -0.2) is 0 Å². The van der Waals surface area contributed by atoms with Gasteiger partial charge in [0.05, 0.1) is 7.11 Å². The lowest BCUT2D eigenvalue weighted by atomic mass is 9.86. The molecule has 1 fully saturated rings. The standard InChI is InChI=1S/C16H23NO/c1-18-16-7-5-6-13-8-9-14(12-15(13)16)17-10-3-2-4-11-17/h5-7,14H,2-4,8-12H2,1H3/t14-/m0/s1. The van der Waals surface area contributed by atoms with Gasteiger partial charge in [0.15, 0.2) is 0 Å². The molecule has 0 amide bonds. The number of rotatable bonds is 2. The summed E-state index contributed by atoms with van der Waals surface area (Å²) in [6, 6.07) is 7.25. The van der Waals surface area contributed by atoms with Gasteiger partial charge in [0.1, 0.15) is 5.75 Å². The van der Waals surface area contributed by atoms with E-state index in [1.807, 2.05) is 0 Å². The fourth-order valence-corrected chi connectivity index (χ4v) is 3.52. The van der Waals surface area contributed by atoms with Gasteiger partial charge in [-0.3, -0.25) is 0 Å². The van der Waals surface area contributed by atoms with E-state index in [9.17, 15) is 0 Å². The first-order valence-corrected chi connectivity index (χ1v) is 7.27. The van der Waals surface area contributed by atoms with E-state index in [2.05, 4.69) is 23.1 Å². The number of methoxy groups -OCH3 is 1. The first kappa shape index (κ1) is 12.0. The lowest BCUT2D eigenvalue weighted by molar-refractivity contribution is 0.149. The predicted molar refractivity (Wildman–Crippen MR) is 74.2 cm³/mol. The molecule has 18 heavy (non-hydrogen) atoms. The van der Waals surface area contributed by atoms with Crippen LogP contribution < -0.4 is 4.74 Å². The highest BCUT2D eigenvalue weighted by molar-refractivity contribution is 5.42. The second kappa shape index (κ2) is 5.31. The van der Waals surface area contributed by atoms with Crippen molar-refractivity contribution >= 4 is 0 Å².